The number of rotatable bonds is 2. The van der Waals surface area contributed by atoms with E-state index in [0.717, 1.165) is 0 Å². The minimum Gasteiger partial charge on any atom is -0.135 e. The first kappa shape index (κ1) is 20.7. The first-order valence-corrected chi connectivity index (χ1v) is 13.5. The summed E-state index contributed by atoms with van der Waals surface area (Å²) in [5.74, 6) is 0. The molecule has 0 radical (unpaired) electrons. The third kappa shape index (κ3) is 3.15. The van der Waals surface area contributed by atoms with Crippen molar-refractivity contribution in [3.05, 3.63) is 133 Å². The molecule has 0 amide bonds. The van der Waals surface area contributed by atoms with Crippen LogP contribution in [0.15, 0.2) is 133 Å². The number of thiophene rings is 1. The summed E-state index contributed by atoms with van der Waals surface area (Å²) in [6.07, 6.45) is 0. The SMILES string of the molecule is c1ccc(-c2cc(-c3ccc4sc5ccccc5c4c3)cc3c4ccccc4c4ccccc4c23)cc1. The van der Waals surface area contributed by atoms with Crippen LogP contribution in [0.3, 0.4) is 0 Å². The van der Waals surface area contributed by atoms with Crippen molar-refractivity contribution in [1.29, 1.82) is 0 Å². The molecule has 0 N–H and O–H groups in total. The van der Waals surface area contributed by atoms with Gasteiger partial charge in [0.15, 0.2) is 0 Å². The summed E-state index contributed by atoms with van der Waals surface area (Å²) in [6.45, 7) is 0. The maximum absolute atomic E-state index is 2.41. The molecule has 0 nitrogen and oxygen atoms in total. The number of hydrogen-bond acceptors (Lipinski definition) is 1. The standard InChI is InChI=1S/C36H22S/c1-2-10-23(11-3-1)31-21-25(24-18-19-35-32(20-24)29-15-8-9-17-34(29)37-35)22-33-28-14-5-4-12-26(28)27-13-6-7-16-30(27)36(31)33/h1-22H. The summed E-state index contributed by atoms with van der Waals surface area (Å²) in [4.78, 5) is 0. The average molecular weight is 487 g/mol. The lowest BCUT2D eigenvalue weighted by molar-refractivity contribution is 1.65. The lowest BCUT2D eigenvalue weighted by atomic mass is 9.87. The van der Waals surface area contributed by atoms with Crippen molar-refractivity contribution in [2.75, 3.05) is 0 Å². The number of benzene rings is 7. The fraction of sp³-hybridized carbons (Fsp3) is 0. The largest absolute Gasteiger partial charge is 0.135 e. The van der Waals surface area contributed by atoms with Crippen LogP contribution in [0.4, 0.5) is 0 Å². The summed E-state index contributed by atoms with van der Waals surface area (Å²) in [5.41, 5.74) is 5.04. The Hall–Kier alpha value is -4.46. The van der Waals surface area contributed by atoms with E-state index < -0.39 is 0 Å². The molecule has 8 rings (SSSR count). The minimum atomic E-state index is 1.25. The van der Waals surface area contributed by atoms with Gasteiger partial charge >= 0.3 is 0 Å². The van der Waals surface area contributed by atoms with Gasteiger partial charge in [0.05, 0.1) is 0 Å². The maximum Gasteiger partial charge on any atom is 0.0355 e. The van der Waals surface area contributed by atoms with E-state index in [0.29, 0.717) is 0 Å². The first-order valence-electron chi connectivity index (χ1n) is 12.7. The number of fused-ring (bicyclic) bond motifs is 9. The van der Waals surface area contributed by atoms with Crippen molar-refractivity contribution in [1.82, 2.24) is 0 Å². The monoisotopic (exact) mass is 486 g/mol. The van der Waals surface area contributed by atoms with Gasteiger partial charge in [-0.25, -0.2) is 0 Å². The fourth-order valence-corrected chi connectivity index (χ4v) is 7.04. The summed E-state index contributed by atoms with van der Waals surface area (Å²) in [5, 5.41) is 10.5. The first-order chi connectivity index (χ1) is 18.3. The van der Waals surface area contributed by atoms with Gasteiger partial charge < -0.3 is 0 Å². The zero-order chi connectivity index (χ0) is 24.3. The zero-order valence-electron chi connectivity index (χ0n) is 20.1. The highest BCUT2D eigenvalue weighted by atomic mass is 32.1. The molecule has 0 spiro atoms. The van der Waals surface area contributed by atoms with Crippen molar-refractivity contribution in [2.24, 2.45) is 0 Å². The Morgan fingerprint density at radius 2 is 0.892 bits per heavy atom. The van der Waals surface area contributed by atoms with E-state index in [1.807, 2.05) is 11.3 Å². The van der Waals surface area contributed by atoms with Crippen LogP contribution in [0.5, 0.6) is 0 Å². The Morgan fingerprint density at radius 1 is 0.324 bits per heavy atom. The quantitative estimate of drug-likeness (QED) is 0.213. The Kier molecular flexibility index (Phi) is 4.49. The second-order valence-corrected chi connectivity index (χ2v) is 10.8. The van der Waals surface area contributed by atoms with E-state index in [2.05, 4.69) is 133 Å². The molecule has 1 heteroatoms. The van der Waals surface area contributed by atoms with Gasteiger partial charge in [-0.1, -0.05) is 103 Å². The summed E-state index contributed by atoms with van der Waals surface area (Å²) in [6, 6.07) is 49.0. The van der Waals surface area contributed by atoms with Crippen molar-refractivity contribution in [2.45, 2.75) is 0 Å². The third-order valence-corrected chi connectivity index (χ3v) is 8.79. The van der Waals surface area contributed by atoms with Crippen LogP contribution in [0.2, 0.25) is 0 Å². The molecule has 0 saturated carbocycles. The molecule has 1 aromatic heterocycles. The topological polar surface area (TPSA) is 0 Å². The maximum atomic E-state index is 2.41. The second kappa shape index (κ2) is 8.03. The lowest BCUT2D eigenvalue weighted by Crippen LogP contribution is -1.89. The van der Waals surface area contributed by atoms with Crippen LogP contribution in [0.1, 0.15) is 0 Å². The fourth-order valence-electron chi connectivity index (χ4n) is 5.95. The summed E-state index contributed by atoms with van der Waals surface area (Å²) < 4.78 is 2.68. The van der Waals surface area contributed by atoms with Crippen LogP contribution >= 0.6 is 11.3 Å². The van der Waals surface area contributed by atoms with Crippen LogP contribution in [-0.2, 0) is 0 Å². The van der Waals surface area contributed by atoms with Gasteiger partial charge in [-0.2, -0.15) is 0 Å². The van der Waals surface area contributed by atoms with Gasteiger partial charge in [-0.15, -0.1) is 11.3 Å². The molecule has 0 fully saturated rings. The predicted molar refractivity (Wildman–Crippen MR) is 163 cm³/mol. The Morgan fingerprint density at radius 3 is 1.68 bits per heavy atom. The van der Waals surface area contributed by atoms with Crippen molar-refractivity contribution in [3.63, 3.8) is 0 Å². The molecule has 0 aliphatic rings. The van der Waals surface area contributed by atoms with Gasteiger partial charge in [-0.3, -0.25) is 0 Å². The van der Waals surface area contributed by atoms with Gasteiger partial charge in [0.2, 0.25) is 0 Å². The molecule has 7 aromatic carbocycles. The van der Waals surface area contributed by atoms with Gasteiger partial charge in [0.1, 0.15) is 0 Å². The third-order valence-electron chi connectivity index (χ3n) is 7.64. The van der Waals surface area contributed by atoms with E-state index in [-0.39, 0.29) is 0 Å². The van der Waals surface area contributed by atoms with Crippen LogP contribution in [0, 0.1) is 0 Å². The predicted octanol–water partition coefficient (Wildman–Crippen LogP) is 10.8. The van der Waals surface area contributed by atoms with E-state index in [1.54, 1.807) is 0 Å². The normalized spacial score (nSPS) is 11.8. The van der Waals surface area contributed by atoms with Crippen molar-refractivity contribution >= 4 is 63.8 Å². The highest BCUT2D eigenvalue weighted by Gasteiger charge is 2.15. The van der Waals surface area contributed by atoms with Gasteiger partial charge in [0, 0.05) is 20.2 Å². The summed E-state index contributed by atoms with van der Waals surface area (Å²) >= 11 is 1.87. The molecule has 172 valence electrons. The lowest BCUT2D eigenvalue weighted by Gasteiger charge is -2.17. The molecular formula is C36H22S. The molecule has 0 unspecified atom stereocenters. The highest BCUT2D eigenvalue weighted by Crippen LogP contribution is 2.43. The van der Waals surface area contributed by atoms with Crippen molar-refractivity contribution in [3.8, 4) is 22.3 Å². The molecule has 0 bridgehead atoms. The smallest absolute Gasteiger partial charge is 0.0355 e. The molecule has 8 aromatic rings. The van der Waals surface area contributed by atoms with Crippen molar-refractivity contribution < 1.29 is 0 Å². The molecule has 0 aliphatic carbocycles. The molecule has 1 heterocycles. The Labute approximate surface area is 219 Å². The Bertz CT molecular complexity index is 2130. The van der Waals surface area contributed by atoms with Crippen LogP contribution in [-0.4, -0.2) is 0 Å². The number of hydrogen-bond donors (Lipinski definition) is 0. The van der Waals surface area contributed by atoms with Crippen LogP contribution < -0.4 is 0 Å². The zero-order valence-corrected chi connectivity index (χ0v) is 20.9. The molecule has 0 aliphatic heterocycles. The molecule has 0 saturated heterocycles. The molecule has 0 atom stereocenters. The van der Waals surface area contributed by atoms with E-state index in [1.165, 1.54) is 74.7 Å². The van der Waals surface area contributed by atoms with E-state index >= 15 is 0 Å². The highest BCUT2D eigenvalue weighted by molar-refractivity contribution is 7.25. The summed E-state index contributed by atoms with van der Waals surface area (Å²) in [7, 11) is 0. The molecule has 37 heavy (non-hydrogen) atoms. The average Bonchev–Trinajstić information content (AvgIpc) is 3.35. The molecular weight excluding hydrogens is 464 g/mol. The van der Waals surface area contributed by atoms with Crippen LogP contribution in [0.25, 0.3) is 74.7 Å². The van der Waals surface area contributed by atoms with E-state index in [9.17, 15) is 0 Å². The van der Waals surface area contributed by atoms with Gasteiger partial charge in [0.25, 0.3) is 0 Å². The Balaban J connectivity index is 1.53. The minimum absolute atomic E-state index is 1.25. The second-order valence-electron chi connectivity index (χ2n) is 9.71. The van der Waals surface area contributed by atoms with E-state index in [4.69, 9.17) is 0 Å². The van der Waals surface area contributed by atoms with Gasteiger partial charge in [-0.05, 0) is 84.9 Å².